The fraction of sp³-hybridized carbons (Fsp3) is 0.200. The van der Waals surface area contributed by atoms with Crippen molar-refractivity contribution in [3.63, 3.8) is 0 Å². The first-order valence-corrected chi connectivity index (χ1v) is 11.8. The predicted octanol–water partition coefficient (Wildman–Crippen LogP) is 7.76. The highest BCUT2D eigenvalue weighted by Crippen LogP contribution is 2.42. The molecule has 0 atom stereocenters. The van der Waals surface area contributed by atoms with Crippen LogP contribution in [-0.2, 0) is 11.2 Å². The van der Waals surface area contributed by atoms with Gasteiger partial charge in [-0.15, -0.1) is 0 Å². The van der Waals surface area contributed by atoms with Crippen molar-refractivity contribution in [3.8, 4) is 17.2 Å². The minimum atomic E-state index is -0.213. The van der Waals surface area contributed by atoms with Crippen LogP contribution in [-0.4, -0.2) is 19.2 Å². The Hall–Kier alpha value is -2.15. The van der Waals surface area contributed by atoms with Crippen LogP contribution in [0.15, 0.2) is 57.5 Å². The lowest BCUT2D eigenvalue weighted by molar-refractivity contribution is -0.107. The molecule has 3 aromatic rings. The zero-order valence-electron chi connectivity index (χ0n) is 17.7. The van der Waals surface area contributed by atoms with Crippen LogP contribution in [0.4, 0.5) is 0 Å². The second-order valence-electron chi connectivity index (χ2n) is 7.44. The van der Waals surface area contributed by atoms with E-state index >= 15 is 0 Å². The van der Waals surface area contributed by atoms with Gasteiger partial charge in [-0.3, -0.25) is 4.79 Å². The maximum absolute atomic E-state index is 13.4. The van der Waals surface area contributed by atoms with E-state index in [1.54, 1.807) is 37.4 Å². The van der Waals surface area contributed by atoms with Gasteiger partial charge in [-0.25, -0.2) is 0 Å². The lowest BCUT2D eigenvalue weighted by Gasteiger charge is -2.19. The molecule has 3 aromatic carbocycles. The number of methoxy groups -OCH3 is 1. The van der Waals surface area contributed by atoms with E-state index in [2.05, 4.69) is 31.9 Å². The van der Waals surface area contributed by atoms with Gasteiger partial charge in [0.25, 0.3) is 0 Å². The molecule has 0 radical (unpaired) electrons. The van der Waals surface area contributed by atoms with Crippen LogP contribution >= 0.6 is 43.5 Å². The van der Waals surface area contributed by atoms with Gasteiger partial charge in [0, 0.05) is 22.6 Å². The van der Waals surface area contributed by atoms with Crippen molar-refractivity contribution >= 4 is 55.5 Å². The van der Waals surface area contributed by atoms with Crippen molar-refractivity contribution in [2.45, 2.75) is 26.2 Å². The quantitative estimate of drug-likeness (QED) is 0.202. The molecule has 0 spiro atoms. The van der Waals surface area contributed by atoms with E-state index in [-0.39, 0.29) is 18.1 Å². The molecular weight excluding hydrogens is 560 g/mol. The number of rotatable bonds is 8. The topological polar surface area (TPSA) is 52.6 Å². The zero-order valence-corrected chi connectivity index (χ0v) is 21.7. The molecule has 0 N–H and O–H groups in total. The molecule has 32 heavy (non-hydrogen) atoms. The van der Waals surface area contributed by atoms with E-state index in [4.69, 9.17) is 21.1 Å². The van der Waals surface area contributed by atoms with Crippen LogP contribution in [0.25, 0.3) is 0 Å². The molecule has 0 bridgehead atoms. The Morgan fingerprint density at radius 3 is 2.19 bits per heavy atom. The molecule has 4 nitrogen and oxygen atoms in total. The summed E-state index contributed by atoms with van der Waals surface area (Å²) in [5.41, 5.74) is 2.60. The first-order chi connectivity index (χ1) is 15.2. The number of hydrogen-bond donors (Lipinski definition) is 0. The fourth-order valence-corrected chi connectivity index (χ4v) is 4.83. The molecule has 3 rings (SSSR count). The number of carbonyl (C=O) groups excluding carboxylic acids is 2. The Kier molecular flexibility index (Phi) is 8.15. The van der Waals surface area contributed by atoms with E-state index in [0.29, 0.717) is 42.3 Å². The molecule has 7 heteroatoms. The Labute approximate surface area is 209 Å². The van der Waals surface area contributed by atoms with E-state index in [1.807, 2.05) is 32.0 Å². The maximum Gasteiger partial charge on any atom is 0.196 e. The van der Waals surface area contributed by atoms with Gasteiger partial charge in [0.1, 0.15) is 17.8 Å². The van der Waals surface area contributed by atoms with Crippen LogP contribution < -0.4 is 9.47 Å². The Bertz CT molecular complexity index is 1130. The van der Waals surface area contributed by atoms with E-state index in [0.717, 1.165) is 17.4 Å². The van der Waals surface area contributed by atoms with E-state index in [9.17, 15) is 9.59 Å². The highest BCUT2D eigenvalue weighted by atomic mass is 79.9. The number of aldehydes is 1. The van der Waals surface area contributed by atoms with Gasteiger partial charge in [-0.05, 0) is 91.9 Å². The predicted molar refractivity (Wildman–Crippen MR) is 134 cm³/mol. The zero-order chi connectivity index (χ0) is 23.4. The number of ketones is 1. The summed E-state index contributed by atoms with van der Waals surface area (Å²) in [6.45, 7) is 4.09. The SMILES string of the molecule is COc1cc(C(=O)c2ccc(Cl)cc2)c(Oc2c(Br)cc(CC=O)cc2Br)cc1C(C)C. The van der Waals surface area contributed by atoms with Gasteiger partial charge in [0.15, 0.2) is 11.5 Å². The summed E-state index contributed by atoms with van der Waals surface area (Å²) in [5.74, 6) is 1.46. The molecule has 0 aromatic heterocycles. The van der Waals surface area contributed by atoms with Gasteiger partial charge in [-0.1, -0.05) is 25.4 Å². The molecule has 0 aliphatic rings. The summed E-state index contributed by atoms with van der Waals surface area (Å²) in [4.78, 5) is 24.3. The fourth-order valence-electron chi connectivity index (χ4n) is 3.26. The molecular formula is C25H21Br2ClO4. The molecule has 0 saturated heterocycles. The standard InChI is InChI=1S/C25H21Br2ClO4/c1-14(2)18-12-23(32-25-20(26)10-15(8-9-29)11-21(25)27)19(13-22(18)31-3)24(30)16-4-6-17(28)7-5-16/h4-7,9-14H,8H2,1-3H3. The van der Waals surface area contributed by atoms with E-state index in [1.165, 1.54) is 0 Å². The molecule has 0 aliphatic carbocycles. The number of halogens is 3. The third-order valence-corrected chi connectivity index (χ3v) is 6.32. The lowest BCUT2D eigenvalue weighted by atomic mass is 9.95. The highest BCUT2D eigenvalue weighted by molar-refractivity contribution is 9.11. The average molecular weight is 581 g/mol. The average Bonchev–Trinajstić information content (AvgIpc) is 2.76. The highest BCUT2D eigenvalue weighted by Gasteiger charge is 2.22. The number of benzene rings is 3. The summed E-state index contributed by atoms with van der Waals surface area (Å²) in [7, 11) is 1.58. The van der Waals surface area contributed by atoms with Gasteiger partial charge < -0.3 is 14.3 Å². The van der Waals surface area contributed by atoms with Gasteiger partial charge in [-0.2, -0.15) is 0 Å². The number of carbonyl (C=O) groups is 2. The summed E-state index contributed by atoms with van der Waals surface area (Å²) >= 11 is 13.0. The van der Waals surface area contributed by atoms with Crippen molar-refractivity contribution in [1.29, 1.82) is 0 Å². The van der Waals surface area contributed by atoms with Crippen LogP contribution in [0.1, 0.15) is 46.8 Å². The van der Waals surface area contributed by atoms with Crippen LogP contribution in [0.3, 0.4) is 0 Å². The second kappa shape index (κ2) is 10.6. The Morgan fingerprint density at radius 1 is 1.03 bits per heavy atom. The first-order valence-electron chi connectivity index (χ1n) is 9.86. The van der Waals surface area contributed by atoms with Gasteiger partial charge >= 0.3 is 0 Å². The van der Waals surface area contributed by atoms with Gasteiger partial charge in [0.2, 0.25) is 0 Å². The summed E-state index contributed by atoms with van der Waals surface area (Å²) in [6.07, 6.45) is 1.13. The van der Waals surface area contributed by atoms with Crippen LogP contribution in [0.2, 0.25) is 5.02 Å². The Balaban J connectivity index is 2.15. The van der Waals surface area contributed by atoms with Crippen molar-refractivity contribution < 1.29 is 19.1 Å². The monoisotopic (exact) mass is 578 g/mol. The minimum absolute atomic E-state index is 0.147. The first kappa shape index (κ1) is 24.5. The van der Waals surface area contributed by atoms with Crippen molar-refractivity contribution in [3.05, 3.63) is 84.8 Å². The molecule has 0 heterocycles. The van der Waals surface area contributed by atoms with Crippen LogP contribution in [0, 0.1) is 0 Å². The third-order valence-electron chi connectivity index (χ3n) is 4.89. The second-order valence-corrected chi connectivity index (χ2v) is 9.59. The summed E-state index contributed by atoms with van der Waals surface area (Å²) in [5, 5.41) is 0.550. The van der Waals surface area contributed by atoms with Gasteiger partial charge in [0.05, 0.1) is 21.6 Å². The maximum atomic E-state index is 13.4. The normalized spacial score (nSPS) is 10.8. The van der Waals surface area contributed by atoms with Crippen molar-refractivity contribution in [2.75, 3.05) is 7.11 Å². The molecule has 0 aliphatic heterocycles. The lowest BCUT2D eigenvalue weighted by Crippen LogP contribution is -2.07. The third kappa shape index (κ3) is 5.42. The van der Waals surface area contributed by atoms with Crippen molar-refractivity contribution in [1.82, 2.24) is 0 Å². The molecule has 0 fully saturated rings. The van der Waals surface area contributed by atoms with Crippen LogP contribution in [0.5, 0.6) is 17.2 Å². The smallest absolute Gasteiger partial charge is 0.196 e. The molecule has 0 unspecified atom stereocenters. The molecule has 166 valence electrons. The molecule has 0 amide bonds. The summed E-state index contributed by atoms with van der Waals surface area (Å²) in [6, 6.07) is 13.9. The van der Waals surface area contributed by atoms with Crippen molar-refractivity contribution in [2.24, 2.45) is 0 Å². The number of ether oxygens (including phenoxy) is 2. The number of hydrogen-bond acceptors (Lipinski definition) is 4. The molecule has 0 saturated carbocycles. The summed E-state index contributed by atoms with van der Waals surface area (Å²) < 4.78 is 13.2. The largest absolute Gasteiger partial charge is 0.496 e. The van der Waals surface area contributed by atoms with E-state index < -0.39 is 0 Å². The Morgan fingerprint density at radius 2 is 1.66 bits per heavy atom. The minimum Gasteiger partial charge on any atom is -0.496 e.